The van der Waals surface area contributed by atoms with Crippen LogP contribution < -0.4 is 4.74 Å². The standard InChI is InChI=1S/C27H27BrFNO5/c1-4-16-30(3)17-6-7-18-34-24-13-10-21(19-23(24)29)27(5-2,20-8-11-22(28)12-9-20)35-26(33)15-14-25(31)32/h4-15,19H,1-2,16-18H2,3H3,(H,31,32). The highest BCUT2D eigenvalue weighted by Crippen LogP contribution is 2.37. The normalized spacial score (nSPS) is 13.0. The van der Waals surface area contributed by atoms with E-state index in [1.54, 1.807) is 42.5 Å². The van der Waals surface area contributed by atoms with Gasteiger partial charge >= 0.3 is 11.9 Å². The van der Waals surface area contributed by atoms with Crippen LogP contribution in [-0.2, 0) is 19.9 Å². The summed E-state index contributed by atoms with van der Waals surface area (Å²) in [5.74, 6) is -2.85. The molecule has 0 fully saturated rings. The van der Waals surface area contributed by atoms with Gasteiger partial charge in [-0.1, -0.05) is 58.9 Å². The van der Waals surface area contributed by atoms with Crippen LogP contribution in [0.25, 0.3) is 0 Å². The zero-order valence-corrected chi connectivity index (χ0v) is 20.9. The van der Waals surface area contributed by atoms with Crippen LogP contribution in [0.3, 0.4) is 0 Å². The maximum absolute atomic E-state index is 15.0. The van der Waals surface area contributed by atoms with E-state index >= 15 is 0 Å². The van der Waals surface area contributed by atoms with Gasteiger partial charge < -0.3 is 14.6 Å². The highest BCUT2D eigenvalue weighted by molar-refractivity contribution is 9.10. The summed E-state index contributed by atoms with van der Waals surface area (Å²) in [6.45, 7) is 9.12. The monoisotopic (exact) mass is 543 g/mol. The molecule has 6 nitrogen and oxygen atoms in total. The Labute approximate surface area is 212 Å². The molecule has 8 heteroatoms. The van der Waals surface area contributed by atoms with Gasteiger partial charge in [0.25, 0.3) is 0 Å². The van der Waals surface area contributed by atoms with Crippen molar-refractivity contribution in [3.8, 4) is 5.75 Å². The van der Waals surface area contributed by atoms with Crippen molar-refractivity contribution in [2.75, 3.05) is 26.7 Å². The molecule has 2 aromatic rings. The fourth-order valence-corrected chi connectivity index (χ4v) is 3.46. The third-order valence-electron chi connectivity index (χ3n) is 4.90. The zero-order chi connectivity index (χ0) is 25.8. The molecule has 2 aromatic carbocycles. The maximum atomic E-state index is 15.0. The second kappa shape index (κ2) is 13.4. The first kappa shape index (κ1) is 27.8. The van der Waals surface area contributed by atoms with Crippen LogP contribution in [0.4, 0.5) is 4.39 Å². The molecule has 0 saturated heterocycles. The van der Waals surface area contributed by atoms with Crippen molar-refractivity contribution in [2.24, 2.45) is 0 Å². The van der Waals surface area contributed by atoms with Gasteiger partial charge in [0, 0.05) is 40.8 Å². The number of hydrogen-bond acceptors (Lipinski definition) is 5. The van der Waals surface area contributed by atoms with E-state index in [0.29, 0.717) is 18.2 Å². The molecule has 0 radical (unpaired) electrons. The lowest BCUT2D eigenvalue weighted by Gasteiger charge is -2.31. The molecule has 2 rings (SSSR count). The number of benzene rings is 2. The van der Waals surface area contributed by atoms with E-state index in [-0.39, 0.29) is 17.9 Å². The van der Waals surface area contributed by atoms with Crippen LogP contribution in [0.2, 0.25) is 0 Å². The molecule has 0 saturated carbocycles. The minimum Gasteiger partial charge on any atom is -0.486 e. The Bertz CT molecular complexity index is 1110. The fraction of sp³-hybridized carbons (Fsp3) is 0.185. The van der Waals surface area contributed by atoms with Crippen molar-refractivity contribution in [2.45, 2.75) is 5.60 Å². The van der Waals surface area contributed by atoms with Gasteiger partial charge in [-0.3, -0.25) is 4.90 Å². The third-order valence-corrected chi connectivity index (χ3v) is 5.43. The Morgan fingerprint density at radius 3 is 2.37 bits per heavy atom. The summed E-state index contributed by atoms with van der Waals surface area (Å²) in [7, 11) is 1.95. The minimum atomic E-state index is -1.57. The van der Waals surface area contributed by atoms with Gasteiger partial charge in [-0.25, -0.2) is 14.0 Å². The van der Waals surface area contributed by atoms with Crippen LogP contribution in [0.1, 0.15) is 11.1 Å². The van der Waals surface area contributed by atoms with E-state index in [2.05, 4.69) is 29.1 Å². The lowest BCUT2D eigenvalue weighted by atomic mass is 9.86. The van der Waals surface area contributed by atoms with Gasteiger partial charge in [-0.15, -0.1) is 6.58 Å². The molecule has 0 aromatic heterocycles. The predicted octanol–water partition coefficient (Wildman–Crippen LogP) is 5.25. The Kier molecular flexibility index (Phi) is 10.6. The lowest BCUT2D eigenvalue weighted by molar-refractivity contribution is -0.147. The Morgan fingerprint density at radius 2 is 1.77 bits per heavy atom. The van der Waals surface area contributed by atoms with Crippen LogP contribution >= 0.6 is 15.9 Å². The van der Waals surface area contributed by atoms with Gasteiger partial charge in [0.15, 0.2) is 17.2 Å². The van der Waals surface area contributed by atoms with Crippen molar-refractivity contribution < 1.29 is 28.6 Å². The summed E-state index contributed by atoms with van der Waals surface area (Å²) in [4.78, 5) is 25.3. The maximum Gasteiger partial charge on any atom is 0.332 e. The van der Waals surface area contributed by atoms with E-state index < -0.39 is 23.4 Å². The second-order valence-electron chi connectivity index (χ2n) is 7.48. The average molecular weight is 544 g/mol. The molecule has 0 heterocycles. The minimum absolute atomic E-state index is 0.0312. The molecule has 35 heavy (non-hydrogen) atoms. The van der Waals surface area contributed by atoms with Gasteiger partial charge in [0.05, 0.1) is 0 Å². The smallest absolute Gasteiger partial charge is 0.332 e. The van der Waals surface area contributed by atoms with Gasteiger partial charge in [0.2, 0.25) is 0 Å². The molecule has 0 spiro atoms. The molecule has 1 unspecified atom stereocenters. The molecule has 0 amide bonds. The number of carbonyl (C=O) groups excluding carboxylic acids is 1. The van der Waals surface area contributed by atoms with E-state index in [9.17, 15) is 14.0 Å². The average Bonchev–Trinajstić information content (AvgIpc) is 2.82. The lowest BCUT2D eigenvalue weighted by Crippen LogP contribution is -2.31. The van der Waals surface area contributed by atoms with Crippen LogP contribution in [0, 0.1) is 5.82 Å². The van der Waals surface area contributed by atoms with Crippen LogP contribution in [-0.4, -0.2) is 48.7 Å². The zero-order valence-electron chi connectivity index (χ0n) is 19.3. The number of nitrogens with zero attached hydrogens (tertiary/aromatic N) is 1. The summed E-state index contributed by atoms with van der Waals surface area (Å²) in [5.41, 5.74) is -0.805. The number of halogens is 2. The molecule has 0 aliphatic rings. The first-order valence-electron chi connectivity index (χ1n) is 10.6. The topological polar surface area (TPSA) is 76.1 Å². The highest BCUT2D eigenvalue weighted by atomic mass is 79.9. The Morgan fingerprint density at radius 1 is 1.09 bits per heavy atom. The molecule has 0 aliphatic carbocycles. The van der Waals surface area contributed by atoms with E-state index in [1.165, 1.54) is 18.2 Å². The number of carboxylic acids is 1. The van der Waals surface area contributed by atoms with Gasteiger partial charge in [-0.05, 0) is 37.4 Å². The van der Waals surface area contributed by atoms with E-state index in [0.717, 1.165) is 17.1 Å². The number of hydrogen-bond donors (Lipinski definition) is 1. The molecular weight excluding hydrogens is 517 g/mol. The summed E-state index contributed by atoms with van der Waals surface area (Å²) >= 11 is 3.35. The quantitative estimate of drug-likeness (QED) is 0.211. The number of carbonyl (C=O) groups is 2. The Hall–Kier alpha value is -3.49. The first-order valence-corrected chi connectivity index (χ1v) is 11.4. The third kappa shape index (κ3) is 8.05. The molecular formula is C27H27BrFNO5. The van der Waals surface area contributed by atoms with Crippen molar-refractivity contribution >= 4 is 27.9 Å². The van der Waals surface area contributed by atoms with Crippen LogP contribution in [0.15, 0.2) is 96.6 Å². The molecule has 0 bridgehead atoms. The molecule has 1 N–H and O–H groups in total. The number of aliphatic carboxylic acids is 1. The molecule has 1 atom stereocenters. The summed E-state index contributed by atoms with van der Waals surface area (Å²) in [6, 6.07) is 11.1. The first-order chi connectivity index (χ1) is 16.7. The molecule has 184 valence electrons. The van der Waals surface area contributed by atoms with Crippen molar-refractivity contribution in [1.82, 2.24) is 4.90 Å². The number of carboxylic acid groups (broad SMARTS) is 1. The SMILES string of the molecule is C=CCN(C)CC=CCOc1ccc(C(C=C)(OC(=O)C=CC(=O)O)c2ccc(Br)cc2)cc1F. The second-order valence-corrected chi connectivity index (χ2v) is 8.39. The van der Waals surface area contributed by atoms with Crippen molar-refractivity contribution in [3.05, 3.63) is 113 Å². The number of likely N-dealkylation sites (N-methyl/N-ethyl adjacent to an activating group) is 1. The largest absolute Gasteiger partial charge is 0.486 e. The van der Waals surface area contributed by atoms with E-state index in [1.807, 2.05) is 18.0 Å². The summed E-state index contributed by atoms with van der Waals surface area (Å²) in [5, 5.41) is 8.81. The number of rotatable bonds is 13. The van der Waals surface area contributed by atoms with Crippen molar-refractivity contribution in [1.29, 1.82) is 0 Å². The number of esters is 1. The van der Waals surface area contributed by atoms with Crippen LogP contribution in [0.5, 0.6) is 5.75 Å². The molecule has 0 aliphatic heterocycles. The van der Waals surface area contributed by atoms with Gasteiger partial charge in [0.1, 0.15) is 6.61 Å². The van der Waals surface area contributed by atoms with E-state index in [4.69, 9.17) is 14.6 Å². The predicted molar refractivity (Wildman–Crippen MR) is 137 cm³/mol. The fourth-order valence-electron chi connectivity index (χ4n) is 3.20. The number of ether oxygens (including phenoxy) is 2. The van der Waals surface area contributed by atoms with Gasteiger partial charge in [-0.2, -0.15) is 0 Å². The summed E-state index contributed by atoms with van der Waals surface area (Å²) in [6.07, 6.45) is 8.32. The highest BCUT2D eigenvalue weighted by Gasteiger charge is 2.36. The summed E-state index contributed by atoms with van der Waals surface area (Å²) < 4.78 is 26.9. The Balaban J connectivity index is 2.32. The van der Waals surface area contributed by atoms with Crippen molar-refractivity contribution in [3.63, 3.8) is 0 Å².